The zero-order chi connectivity index (χ0) is 14.8. The minimum absolute atomic E-state index is 0.0789. The van der Waals surface area contributed by atoms with Crippen LogP contribution in [0.5, 0.6) is 0 Å². The number of nitro groups is 1. The second kappa shape index (κ2) is 5.35. The van der Waals surface area contributed by atoms with Crippen LogP contribution in [0.1, 0.15) is 11.4 Å². The Morgan fingerprint density at radius 2 is 2.20 bits per heavy atom. The fourth-order valence-corrected chi connectivity index (χ4v) is 2.90. The first kappa shape index (κ1) is 14.1. The molecule has 106 valence electrons. The predicted molar refractivity (Wildman–Crippen MR) is 68.2 cm³/mol. The first-order valence-corrected chi connectivity index (χ1v) is 6.98. The number of benzene rings is 1. The maximum absolute atomic E-state index is 12.1. The highest BCUT2D eigenvalue weighted by molar-refractivity contribution is 7.89. The summed E-state index contributed by atoms with van der Waals surface area (Å²) >= 11 is 0. The van der Waals surface area contributed by atoms with Crippen molar-refractivity contribution in [1.29, 1.82) is 0 Å². The molecular weight excluding hydrogens is 286 g/mol. The molecule has 0 fully saturated rings. The van der Waals surface area contributed by atoms with Gasteiger partial charge in [-0.1, -0.05) is 6.07 Å². The Kier molecular flexibility index (Phi) is 3.77. The van der Waals surface area contributed by atoms with Crippen molar-refractivity contribution in [3.63, 3.8) is 0 Å². The molecule has 9 nitrogen and oxygen atoms in total. The van der Waals surface area contributed by atoms with E-state index in [9.17, 15) is 18.5 Å². The Hall–Kier alpha value is -2.33. The fraction of sp³-hybridized carbons (Fsp3) is 0.200. The molecule has 0 spiro atoms. The lowest BCUT2D eigenvalue weighted by molar-refractivity contribution is -0.385. The van der Waals surface area contributed by atoms with Crippen LogP contribution in [0.25, 0.3) is 0 Å². The number of aromatic amines is 1. The number of nitrogens with zero attached hydrogens (tertiary/aromatic N) is 3. The summed E-state index contributed by atoms with van der Waals surface area (Å²) in [6, 6.07) is 3.89. The lowest BCUT2D eigenvalue weighted by Gasteiger charge is -2.08. The number of sulfonamides is 1. The van der Waals surface area contributed by atoms with Gasteiger partial charge in [-0.3, -0.25) is 15.2 Å². The lowest BCUT2D eigenvalue weighted by Crippen LogP contribution is -2.24. The Bertz CT molecular complexity index is 726. The van der Waals surface area contributed by atoms with Gasteiger partial charge in [0.25, 0.3) is 5.69 Å². The van der Waals surface area contributed by atoms with Gasteiger partial charge < -0.3 is 0 Å². The van der Waals surface area contributed by atoms with Crippen molar-refractivity contribution in [1.82, 2.24) is 19.9 Å². The molecule has 0 radical (unpaired) electrons. The number of hydrogen-bond donors (Lipinski definition) is 2. The molecule has 0 saturated heterocycles. The molecule has 0 amide bonds. The number of hydrogen-bond acceptors (Lipinski definition) is 6. The summed E-state index contributed by atoms with van der Waals surface area (Å²) in [5.41, 5.74) is -0.157. The Labute approximate surface area is 114 Å². The van der Waals surface area contributed by atoms with Crippen molar-refractivity contribution in [3.05, 3.63) is 46.0 Å². The van der Waals surface area contributed by atoms with E-state index in [1.54, 1.807) is 0 Å². The molecule has 2 rings (SSSR count). The van der Waals surface area contributed by atoms with Gasteiger partial charge in [0.15, 0.2) is 0 Å². The van der Waals surface area contributed by atoms with E-state index in [-0.39, 0.29) is 22.7 Å². The smallest absolute Gasteiger partial charge is 0.262 e. The third kappa shape index (κ3) is 2.81. The molecule has 0 unspecified atom stereocenters. The Morgan fingerprint density at radius 3 is 2.80 bits per heavy atom. The molecule has 0 bridgehead atoms. The summed E-state index contributed by atoms with van der Waals surface area (Å²) in [5.74, 6) is 0.344. The third-order valence-electron chi connectivity index (χ3n) is 2.64. The molecule has 2 N–H and O–H groups in total. The van der Waals surface area contributed by atoms with Crippen LogP contribution in [-0.4, -0.2) is 28.5 Å². The van der Waals surface area contributed by atoms with Gasteiger partial charge in [-0.05, 0) is 13.0 Å². The predicted octanol–water partition coefficient (Wildman–Crippen LogP) is 0.500. The molecular formula is C10H11N5O4S. The molecule has 0 atom stereocenters. The quantitative estimate of drug-likeness (QED) is 0.610. The van der Waals surface area contributed by atoms with Crippen LogP contribution in [0.4, 0.5) is 5.69 Å². The van der Waals surface area contributed by atoms with Crippen molar-refractivity contribution < 1.29 is 13.3 Å². The first-order chi connectivity index (χ1) is 9.42. The third-order valence-corrected chi connectivity index (χ3v) is 4.18. The van der Waals surface area contributed by atoms with Crippen LogP contribution in [-0.2, 0) is 16.6 Å². The molecule has 1 aromatic heterocycles. The highest BCUT2D eigenvalue weighted by atomic mass is 32.2. The van der Waals surface area contributed by atoms with Crippen LogP contribution in [0.2, 0.25) is 0 Å². The van der Waals surface area contributed by atoms with Crippen molar-refractivity contribution >= 4 is 15.7 Å². The van der Waals surface area contributed by atoms with Gasteiger partial charge in [0.1, 0.15) is 12.2 Å². The van der Waals surface area contributed by atoms with E-state index >= 15 is 0 Å². The highest BCUT2D eigenvalue weighted by Gasteiger charge is 2.22. The molecule has 20 heavy (non-hydrogen) atoms. The lowest BCUT2D eigenvalue weighted by atomic mass is 10.2. The summed E-state index contributed by atoms with van der Waals surface area (Å²) in [5, 5.41) is 16.9. The van der Waals surface area contributed by atoms with Crippen LogP contribution in [0.15, 0.2) is 29.4 Å². The van der Waals surface area contributed by atoms with Crippen LogP contribution < -0.4 is 4.72 Å². The van der Waals surface area contributed by atoms with E-state index < -0.39 is 14.9 Å². The van der Waals surface area contributed by atoms with Crippen molar-refractivity contribution in [2.24, 2.45) is 0 Å². The molecule has 0 aliphatic rings. The van der Waals surface area contributed by atoms with E-state index in [2.05, 4.69) is 19.9 Å². The van der Waals surface area contributed by atoms with Crippen LogP contribution in [0.3, 0.4) is 0 Å². The highest BCUT2D eigenvalue weighted by Crippen LogP contribution is 2.24. The largest absolute Gasteiger partial charge is 0.273 e. The second-order valence-electron chi connectivity index (χ2n) is 3.91. The van der Waals surface area contributed by atoms with Crippen molar-refractivity contribution in [2.45, 2.75) is 18.4 Å². The van der Waals surface area contributed by atoms with E-state index in [4.69, 9.17) is 0 Å². The van der Waals surface area contributed by atoms with Crippen molar-refractivity contribution in [2.75, 3.05) is 0 Å². The van der Waals surface area contributed by atoms with Gasteiger partial charge in [0.05, 0.1) is 16.4 Å². The Morgan fingerprint density at radius 1 is 1.45 bits per heavy atom. The molecule has 1 heterocycles. The molecule has 2 aromatic rings. The minimum Gasteiger partial charge on any atom is -0.262 e. The number of nitrogens with one attached hydrogen (secondary N) is 2. The zero-order valence-electron chi connectivity index (χ0n) is 10.4. The summed E-state index contributed by atoms with van der Waals surface area (Å²) in [6.45, 7) is 1.31. The summed E-state index contributed by atoms with van der Waals surface area (Å²) in [7, 11) is -3.87. The summed E-state index contributed by atoms with van der Waals surface area (Å²) < 4.78 is 26.6. The average Bonchev–Trinajstić information content (AvgIpc) is 2.89. The summed E-state index contributed by atoms with van der Waals surface area (Å²) in [4.78, 5) is 13.8. The number of aromatic nitrogens is 3. The van der Waals surface area contributed by atoms with Gasteiger partial charge in [-0.25, -0.2) is 18.1 Å². The van der Waals surface area contributed by atoms with E-state index in [0.29, 0.717) is 5.82 Å². The van der Waals surface area contributed by atoms with Gasteiger partial charge >= 0.3 is 0 Å². The standard InChI is InChI=1S/C10H11N5O4S/c1-7-8(15(16)17)3-2-4-9(7)20(18,19)13-5-10-11-6-12-14-10/h2-4,6,13H,5H2,1H3,(H,11,12,14). The fourth-order valence-electron chi connectivity index (χ4n) is 1.65. The number of rotatable bonds is 5. The van der Waals surface area contributed by atoms with E-state index in [1.165, 1.54) is 31.5 Å². The zero-order valence-corrected chi connectivity index (χ0v) is 11.2. The van der Waals surface area contributed by atoms with Gasteiger partial charge in [-0.15, -0.1) is 0 Å². The Balaban J connectivity index is 2.30. The maximum atomic E-state index is 12.1. The number of nitro benzene ring substituents is 1. The molecule has 0 aliphatic heterocycles. The van der Waals surface area contributed by atoms with Crippen LogP contribution >= 0.6 is 0 Å². The van der Waals surface area contributed by atoms with E-state index in [1.807, 2.05) is 0 Å². The molecule has 1 aromatic carbocycles. The topological polar surface area (TPSA) is 131 Å². The van der Waals surface area contributed by atoms with Crippen molar-refractivity contribution in [3.8, 4) is 0 Å². The maximum Gasteiger partial charge on any atom is 0.273 e. The molecule has 10 heteroatoms. The van der Waals surface area contributed by atoms with Gasteiger partial charge in [0.2, 0.25) is 10.0 Å². The minimum atomic E-state index is -3.87. The number of H-pyrrole nitrogens is 1. The van der Waals surface area contributed by atoms with Gasteiger partial charge in [-0.2, -0.15) is 5.10 Å². The van der Waals surface area contributed by atoms with E-state index in [0.717, 1.165) is 0 Å². The monoisotopic (exact) mass is 297 g/mol. The first-order valence-electron chi connectivity index (χ1n) is 5.50. The van der Waals surface area contributed by atoms with Gasteiger partial charge in [0, 0.05) is 11.6 Å². The normalized spacial score (nSPS) is 11.4. The second-order valence-corrected chi connectivity index (χ2v) is 5.65. The average molecular weight is 297 g/mol. The van der Waals surface area contributed by atoms with Crippen LogP contribution in [0, 0.1) is 17.0 Å². The SMILES string of the molecule is Cc1c([N+](=O)[O-])cccc1S(=O)(=O)NCc1ncn[nH]1. The molecule has 0 saturated carbocycles. The molecule has 0 aliphatic carbocycles. The summed E-state index contributed by atoms with van der Waals surface area (Å²) in [6.07, 6.45) is 1.25.